The highest BCUT2D eigenvalue weighted by Gasteiger charge is 2.49. The van der Waals surface area contributed by atoms with Crippen molar-refractivity contribution in [2.24, 2.45) is 0 Å². The van der Waals surface area contributed by atoms with E-state index in [4.69, 9.17) is 37.5 Å². The van der Waals surface area contributed by atoms with E-state index in [0.29, 0.717) is 10.9 Å². The molecule has 33 heavy (non-hydrogen) atoms. The van der Waals surface area contributed by atoms with E-state index >= 15 is 0 Å². The normalized spacial score (nSPS) is 13.3. The summed E-state index contributed by atoms with van der Waals surface area (Å²) in [5.41, 5.74) is -5.49. The Kier molecular flexibility index (Phi) is 8.38. The first-order valence-corrected chi connectivity index (χ1v) is 11.0. The summed E-state index contributed by atoms with van der Waals surface area (Å²) in [4.78, 5) is 26.2. The van der Waals surface area contributed by atoms with Crippen LogP contribution in [0.2, 0.25) is 10.0 Å². The maximum atomic E-state index is 12.8. The van der Waals surface area contributed by atoms with Crippen molar-refractivity contribution in [2.45, 2.75) is 25.5 Å². The van der Waals surface area contributed by atoms with Crippen LogP contribution in [0.25, 0.3) is 10.9 Å². The number of nitrogens with zero attached hydrogens (tertiary/aromatic N) is 2. The zero-order valence-electron chi connectivity index (χ0n) is 17.3. The average molecular weight is 533 g/mol. The number of ether oxygens (including phenoxy) is 2. The number of methoxy groups -OCH3 is 2. The second-order valence-electron chi connectivity index (χ2n) is 6.38. The minimum atomic E-state index is -6.02. The minimum absolute atomic E-state index is 0.0137. The maximum Gasteiger partial charge on any atom is 0.534 e. The van der Waals surface area contributed by atoms with Crippen molar-refractivity contribution in [2.75, 3.05) is 20.8 Å². The first-order valence-electron chi connectivity index (χ1n) is 8.87. The molecule has 1 aromatic carbocycles. The van der Waals surface area contributed by atoms with Gasteiger partial charge in [0.15, 0.2) is 0 Å². The van der Waals surface area contributed by atoms with Crippen molar-refractivity contribution in [3.63, 3.8) is 0 Å². The Balaban J connectivity index is 0.00000122. The van der Waals surface area contributed by atoms with Crippen molar-refractivity contribution in [3.8, 4) is 11.6 Å². The predicted molar refractivity (Wildman–Crippen MR) is 112 cm³/mol. The third-order valence-corrected chi connectivity index (χ3v) is 6.10. The molecule has 0 spiro atoms. The van der Waals surface area contributed by atoms with Crippen LogP contribution in [-0.4, -0.2) is 56.8 Å². The van der Waals surface area contributed by atoms with E-state index in [-0.39, 0.29) is 46.6 Å². The molecule has 182 valence electrons. The van der Waals surface area contributed by atoms with Crippen molar-refractivity contribution < 1.29 is 44.8 Å². The molecule has 1 aliphatic rings. The van der Waals surface area contributed by atoms with Crippen LogP contribution < -0.4 is 8.92 Å². The molecular formula is C18H17Cl2F3N2O7S. The molecule has 1 aliphatic heterocycles. The highest BCUT2D eigenvalue weighted by atomic mass is 35.5. The Labute approximate surface area is 196 Å². The SMILES string of the molecule is CC=O.COCC(=O)N1Cc2c(OS(=O)(=O)C(F)(F)F)nc3c(Cl)c(Cl)c(OC)cc3c2C1. The topological polar surface area (TPSA) is 112 Å². The lowest BCUT2D eigenvalue weighted by molar-refractivity contribution is -0.135. The van der Waals surface area contributed by atoms with Gasteiger partial charge in [0.2, 0.25) is 11.8 Å². The molecule has 3 rings (SSSR count). The van der Waals surface area contributed by atoms with Gasteiger partial charge < -0.3 is 23.4 Å². The molecule has 0 saturated heterocycles. The van der Waals surface area contributed by atoms with Gasteiger partial charge >= 0.3 is 15.6 Å². The van der Waals surface area contributed by atoms with Gasteiger partial charge in [-0.05, 0) is 18.6 Å². The number of benzene rings is 1. The van der Waals surface area contributed by atoms with Crippen LogP contribution in [0.15, 0.2) is 6.07 Å². The Morgan fingerprint density at radius 1 is 1.21 bits per heavy atom. The van der Waals surface area contributed by atoms with E-state index in [1.54, 1.807) is 0 Å². The van der Waals surface area contributed by atoms with Crippen LogP contribution in [-0.2, 0) is 37.5 Å². The minimum Gasteiger partial charge on any atom is -0.495 e. The Bertz CT molecular complexity index is 1190. The van der Waals surface area contributed by atoms with Crippen molar-refractivity contribution in [1.29, 1.82) is 0 Å². The lowest BCUT2D eigenvalue weighted by Gasteiger charge is -2.15. The molecule has 0 bridgehead atoms. The molecule has 2 aromatic rings. The number of alkyl halides is 3. The molecule has 15 heteroatoms. The number of hydrogen-bond donors (Lipinski definition) is 0. The van der Waals surface area contributed by atoms with Gasteiger partial charge in [-0.15, -0.1) is 0 Å². The summed E-state index contributed by atoms with van der Waals surface area (Å²) in [7, 11) is -3.38. The molecule has 0 radical (unpaired) electrons. The number of hydrogen-bond acceptors (Lipinski definition) is 8. The van der Waals surface area contributed by atoms with E-state index in [1.807, 2.05) is 0 Å². The summed E-state index contributed by atoms with van der Waals surface area (Å²) in [5.74, 6) is -1.15. The quantitative estimate of drug-likeness (QED) is 0.327. The fraction of sp³-hybridized carbons (Fsp3) is 0.389. The number of aromatic nitrogens is 1. The Morgan fingerprint density at radius 2 is 1.79 bits per heavy atom. The molecule has 0 N–H and O–H groups in total. The largest absolute Gasteiger partial charge is 0.534 e. The fourth-order valence-corrected chi connectivity index (χ4v) is 3.83. The van der Waals surface area contributed by atoms with Crippen molar-refractivity contribution in [1.82, 2.24) is 9.88 Å². The zero-order valence-corrected chi connectivity index (χ0v) is 19.7. The highest BCUT2D eigenvalue weighted by Crippen LogP contribution is 2.44. The predicted octanol–water partition coefficient (Wildman–Crippen LogP) is 3.47. The summed E-state index contributed by atoms with van der Waals surface area (Å²) < 4.78 is 75.9. The van der Waals surface area contributed by atoms with Gasteiger partial charge in [0.05, 0.1) is 24.2 Å². The third kappa shape index (κ3) is 5.42. The van der Waals surface area contributed by atoms with Crippen molar-refractivity contribution >= 4 is 56.4 Å². The van der Waals surface area contributed by atoms with Gasteiger partial charge in [0, 0.05) is 24.6 Å². The number of carbonyl (C=O) groups excluding carboxylic acids is 2. The van der Waals surface area contributed by atoms with E-state index in [1.165, 1.54) is 32.1 Å². The molecule has 0 fully saturated rings. The number of amides is 1. The lowest BCUT2D eigenvalue weighted by Crippen LogP contribution is -2.29. The van der Waals surface area contributed by atoms with Gasteiger partial charge in [-0.1, -0.05) is 23.2 Å². The third-order valence-electron chi connectivity index (χ3n) is 4.32. The smallest absolute Gasteiger partial charge is 0.495 e. The standard InChI is InChI=1S/C16H13Cl2F3N2O6S.C2H4O/c1-27-6-11(24)23-4-8-7-3-10(28-2)12(17)13(18)14(7)22-15(9(8)5-23)29-30(25,26)16(19,20)21;1-2-3/h3H,4-6H2,1-2H3;2H,1H3. The van der Waals surface area contributed by atoms with E-state index in [9.17, 15) is 26.4 Å². The number of halogens is 5. The lowest BCUT2D eigenvalue weighted by atomic mass is 10.1. The monoisotopic (exact) mass is 532 g/mol. The van der Waals surface area contributed by atoms with Crippen LogP contribution in [0.3, 0.4) is 0 Å². The van der Waals surface area contributed by atoms with Crippen LogP contribution >= 0.6 is 23.2 Å². The Hall–Kier alpha value is -2.35. The highest BCUT2D eigenvalue weighted by molar-refractivity contribution is 7.87. The van der Waals surface area contributed by atoms with E-state index in [2.05, 4.69) is 9.17 Å². The number of rotatable bonds is 5. The van der Waals surface area contributed by atoms with Crippen molar-refractivity contribution in [3.05, 3.63) is 27.2 Å². The van der Waals surface area contributed by atoms with Gasteiger partial charge in [-0.2, -0.15) is 21.6 Å². The van der Waals surface area contributed by atoms with Crippen LogP contribution in [0.5, 0.6) is 11.6 Å². The van der Waals surface area contributed by atoms with E-state index < -0.39 is 27.4 Å². The first kappa shape index (κ1) is 26.9. The zero-order chi connectivity index (χ0) is 25.1. The summed E-state index contributed by atoms with van der Waals surface area (Å²) >= 11 is 12.3. The van der Waals surface area contributed by atoms with Gasteiger partial charge in [0.25, 0.3) is 0 Å². The first-order chi connectivity index (χ1) is 15.3. The summed E-state index contributed by atoms with van der Waals surface area (Å²) in [5, 5.41) is 0.0690. The molecule has 2 heterocycles. The molecule has 1 amide bonds. The summed E-state index contributed by atoms with van der Waals surface area (Å²) in [6, 6.07) is 1.45. The number of pyridine rings is 1. The van der Waals surface area contributed by atoms with Gasteiger partial charge in [-0.3, -0.25) is 4.79 Å². The number of aldehydes is 1. The van der Waals surface area contributed by atoms with Crippen LogP contribution in [0.4, 0.5) is 13.2 Å². The number of carbonyl (C=O) groups is 2. The molecule has 1 aromatic heterocycles. The molecule has 0 atom stereocenters. The second kappa shape index (κ2) is 10.3. The molecule has 0 saturated carbocycles. The number of fused-ring (bicyclic) bond motifs is 3. The maximum absolute atomic E-state index is 12.8. The van der Waals surface area contributed by atoms with Crippen LogP contribution in [0.1, 0.15) is 18.1 Å². The Morgan fingerprint density at radius 3 is 2.30 bits per heavy atom. The van der Waals surface area contributed by atoms with Gasteiger partial charge in [-0.25, -0.2) is 4.98 Å². The molecular weight excluding hydrogens is 516 g/mol. The van der Waals surface area contributed by atoms with E-state index in [0.717, 1.165) is 6.29 Å². The average Bonchev–Trinajstić information content (AvgIpc) is 3.17. The molecule has 0 aliphatic carbocycles. The fourth-order valence-electron chi connectivity index (χ4n) is 2.93. The molecule has 0 unspecified atom stereocenters. The van der Waals surface area contributed by atoms with Gasteiger partial charge in [0.1, 0.15) is 23.7 Å². The summed E-state index contributed by atoms with van der Waals surface area (Å²) in [6.07, 6.45) is 0.750. The molecule has 9 nitrogen and oxygen atoms in total. The second-order valence-corrected chi connectivity index (χ2v) is 8.67. The summed E-state index contributed by atoms with van der Waals surface area (Å²) in [6.45, 7) is 0.845. The van der Waals surface area contributed by atoms with Crippen LogP contribution in [0, 0.1) is 0 Å².